The van der Waals surface area contributed by atoms with Gasteiger partial charge in [-0.1, -0.05) is 13.8 Å². The van der Waals surface area contributed by atoms with E-state index in [2.05, 4.69) is 50.2 Å². The molecule has 0 fully saturated rings. The fraction of sp³-hybridized carbons (Fsp3) is 0.143. The van der Waals surface area contributed by atoms with Crippen LogP contribution in [0, 0.1) is 26.0 Å². The van der Waals surface area contributed by atoms with Gasteiger partial charge in [0, 0.05) is 0 Å². The standard InChI is InChI=1S/C14H12.W/c1-11-6-8-13(9-7-11)14-5-3-4-12(2)10-14;/h3-4,6-8,10H,1-2H3;/q-2;+2. The van der Waals surface area contributed by atoms with Crippen molar-refractivity contribution in [3.63, 3.8) is 0 Å². The molecule has 0 spiro atoms. The molecule has 0 nitrogen and oxygen atoms in total. The molecule has 0 aliphatic heterocycles. The Kier molecular flexibility index (Phi) is 4.29. The molecule has 2 rings (SSSR count). The molecule has 74 valence electrons. The van der Waals surface area contributed by atoms with Crippen molar-refractivity contribution in [3.8, 4) is 11.1 Å². The fourth-order valence-electron chi connectivity index (χ4n) is 1.41. The first-order valence-electron chi connectivity index (χ1n) is 4.73. The maximum absolute atomic E-state index is 3.25. The largest absolute Gasteiger partial charge is 2.00 e. The van der Waals surface area contributed by atoms with Crippen molar-refractivity contribution in [3.05, 3.63) is 59.7 Å². The summed E-state index contributed by atoms with van der Waals surface area (Å²) in [6, 6.07) is 18.8. The Balaban J connectivity index is 0.00000112. The van der Waals surface area contributed by atoms with E-state index in [0.29, 0.717) is 0 Å². The van der Waals surface area contributed by atoms with Crippen LogP contribution in [0.5, 0.6) is 0 Å². The maximum Gasteiger partial charge on any atom is 2.00 e. The maximum atomic E-state index is 3.25. The fourth-order valence-corrected chi connectivity index (χ4v) is 1.41. The molecule has 0 bridgehead atoms. The summed E-state index contributed by atoms with van der Waals surface area (Å²) in [5.41, 5.74) is 4.72. The Morgan fingerprint density at radius 1 is 0.867 bits per heavy atom. The Labute approximate surface area is 106 Å². The van der Waals surface area contributed by atoms with Gasteiger partial charge in [-0.15, -0.1) is 17.2 Å². The zero-order valence-corrected chi connectivity index (χ0v) is 11.8. The molecule has 0 aromatic heterocycles. The van der Waals surface area contributed by atoms with Gasteiger partial charge in [-0.05, 0) is 0 Å². The van der Waals surface area contributed by atoms with Crippen LogP contribution >= 0.6 is 0 Å². The Morgan fingerprint density at radius 3 is 2.27 bits per heavy atom. The second-order valence-corrected chi connectivity index (χ2v) is 3.56. The van der Waals surface area contributed by atoms with Crippen molar-refractivity contribution >= 4 is 0 Å². The van der Waals surface area contributed by atoms with E-state index in [1.54, 1.807) is 0 Å². The van der Waals surface area contributed by atoms with Crippen LogP contribution < -0.4 is 0 Å². The van der Waals surface area contributed by atoms with Crippen molar-refractivity contribution in [1.82, 2.24) is 0 Å². The molecule has 0 saturated heterocycles. The summed E-state index contributed by atoms with van der Waals surface area (Å²) in [5.74, 6) is 0. The minimum Gasteiger partial charge on any atom is -0.226 e. The summed E-state index contributed by atoms with van der Waals surface area (Å²) < 4.78 is 0. The molecule has 2 aromatic rings. The van der Waals surface area contributed by atoms with Gasteiger partial charge in [0.25, 0.3) is 0 Å². The van der Waals surface area contributed by atoms with E-state index in [4.69, 9.17) is 0 Å². The van der Waals surface area contributed by atoms with Crippen LogP contribution in [0.4, 0.5) is 0 Å². The van der Waals surface area contributed by atoms with Gasteiger partial charge in [-0.3, -0.25) is 0 Å². The summed E-state index contributed by atoms with van der Waals surface area (Å²) in [7, 11) is 0. The van der Waals surface area contributed by atoms with Crippen molar-refractivity contribution in [2.24, 2.45) is 0 Å². The van der Waals surface area contributed by atoms with E-state index in [1.807, 2.05) is 12.1 Å². The average molecular weight is 364 g/mol. The van der Waals surface area contributed by atoms with E-state index < -0.39 is 0 Å². The molecule has 0 saturated carbocycles. The normalized spacial score (nSPS) is 9.47. The summed E-state index contributed by atoms with van der Waals surface area (Å²) in [4.78, 5) is 0. The van der Waals surface area contributed by atoms with Gasteiger partial charge >= 0.3 is 21.1 Å². The summed E-state index contributed by atoms with van der Waals surface area (Å²) >= 11 is 0. The first-order valence-corrected chi connectivity index (χ1v) is 4.73. The molecule has 0 atom stereocenters. The topological polar surface area (TPSA) is 0 Å². The smallest absolute Gasteiger partial charge is 0.226 e. The van der Waals surface area contributed by atoms with Crippen molar-refractivity contribution in [2.75, 3.05) is 0 Å². The SMILES string of the molecule is Cc1c[c-]c(-c2[c-]ccc(C)c2)cc1.[W+2]. The van der Waals surface area contributed by atoms with Crippen LogP contribution in [0.2, 0.25) is 0 Å². The first kappa shape index (κ1) is 12.2. The first-order chi connectivity index (χ1) is 6.75. The molecule has 2 aromatic carbocycles. The van der Waals surface area contributed by atoms with Crippen LogP contribution in [0.3, 0.4) is 0 Å². The molecule has 0 aliphatic rings. The van der Waals surface area contributed by atoms with E-state index in [-0.39, 0.29) is 21.1 Å². The Hall–Kier alpha value is -0.872. The molecule has 15 heavy (non-hydrogen) atoms. The van der Waals surface area contributed by atoms with Gasteiger partial charge in [-0.2, -0.15) is 42.5 Å². The summed E-state index contributed by atoms with van der Waals surface area (Å²) in [6.45, 7) is 4.16. The molecule has 0 unspecified atom stereocenters. The third-order valence-corrected chi connectivity index (χ3v) is 2.22. The third kappa shape index (κ3) is 3.04. The van der Waals surface area contributed by atoms with E-state index >= 15 is 0 Å². The summed E-state index contributed by atoms with van der Waals surface area (Å²) in [6.07, 6.45) is 0. The quantitative estimate of drug-likeness (QED) is 0.679. The zero-order chi connectivity index (χ0) is 9.97. The minimum atomic E-state index is 0. The molecular weight excluding hydrogens is 352 g/mol. The molecule has 0 radical (unpaired) electrons. The number of aryl methyl sites for hydroxylation is 2. The number of benzene rings is 2. The minimum absolute atomic E-state index is 0. The van der Waals surface area contributed by atoms with Crippen molar-refractivity contribution < 1.29 is 21.1 Å². The average Bonchev–Trinajstić information content (AvgIpc) is 2.19. The van der Waals surface area contributed by atoms with Gasteiger partial charge in [0.05, 0.1) is 0 Å². The van der Waals surface area contributed by atoms with Crippen molar-refractivity contribution in [2.45, 2.75) is 13.8 Å². The zero-order valence-electron chi connectivity index (χ0n) is 8.87. The number of hydrogen-bond donors (Lipinski definition) is 0. The Morgan fingerprint density at radius 2 is 1.67 bits per heavy atom. The predicted octanol–water partition coefficient (Wildman–Crippen LogP) is 3.57. The van der Waals surface area contributed by atoms with Crippen LogP contribution in [-0.2, 0) is 21.1 Å². The molecule has 0 heterocycles. The molecular formula is C14H12W. The molecule has 0 aliphatic carbocycles. The monoisotopic (exact) mass is 364 g/mol. The van der Waals surface area contributed by atoms with Crippen LogP contribution in [0.1, 0.15) is 11.1 Å². The second-order valence-electron chi connectivity index (χ2n) is 3.56. The van der Waals surface area contributed by atoms with Crippen molar-refractivity contribution in [1.29, 1.82) is 0 Å². The molecule has 0 N–H and O–H groups in total. The van der Waals surface area contributed by atoms with E-state index in [9.17, 15) is 0 Å². The van der Waals surface area contributed by atoms with Crippen LogP contribution in [0.25, 0.3) is 11.1 Å². The Bertz CT molecular complexity index is 429. The van der Waals surface area contributed by atoms with Gasteiger partial charge in [0.1, 0.15) is 0 Å². The van der Waals surface area contributed by atoms with Crippen LogP contribution in [0.15, 0.2) is 36.4 Å². The molecule has 1 heteroatoms. The van der Waals surface area contributed by atoms with E-state index in [1.165, 1.54) is 11.1 Å². The molecule has 0 amide bonds. The predicted molar refractivity (Wildman–Crippen MR) is 59.0 cm³/mol. The van der Waals surface area contributed by atoms with Gasteiger partial charge in [0.2, 0.25) is 0 Å². The van der Waals surface area contributed by atoms with Gasteiger partial charge < -0.3 is 0 Å². The van der Waals surface area contributed by atoms with E-state index in [0.717, 1.165) is 11.1 Å². The number of rotatable bonds is 1. The number of hydrogen-bond acceptors (Lipinski definition) is 0. The third-order valence-electron chi connectivity index (χ3n) is 2.22. The van der Waals surface area contributed by atoms with Gasteiger partial charge in [-0.25, -0.2) is 11.1 Å². The second kappa shape index (κ2) is 5.28. The van der Waals surface area contributed by atoms with Crippen LogP contribution in [-0.4, -0.2) is 0 Å². The van der Waals surface area contributed by atoms with Gasteiger partial charge in [0.15, 0.2) is 0 Å². The summed E-state index contributed by atoms with van der Waals surface area (Å²) in [5, 5.41) is 0.